The minimum atomic E-state index is -1.99. The molecule has 4 aromatic rings. The summed E-state index contributed by atoms with van der Waals surface area (Å²) in [6, 6.07) is 12.2. The third kappa shape index (κ3) is 41.6. The van der Waals surface area contributed by atoms with Gasteiger partial charge in [0.1, 0.15) is 29.1 Å². The quantitative estimate of drug-likeness (QED) is 0.0283. The molecule has 0 aliphatic rings. The first-order valence-corrected chi connectivity index (χ1v) is 45.9. The standard InChI is InChI=1S/C94H132N10O28S/c1-10-53(4)86(82(118)41-63(35-60-21-26-67(109)27-22-60)89(127)99-74(33-52(2)3)78(114)39-64(43-84(121)122)88(126)97-54(5)17-14-15-31-95)103-91(129)66(48-105)42-79(115)75(37-61-23-28-68(110)29-24-61)100-90(128)65(44-85(123)124)40-80(116)77(49-106)102-93(131)73(58(9)108)46-81(117)76(36-59-18-12-11-13-19-59)101-92(130)72(57(8)107)45-70(112)47-96-87(125)62(25-30-83(119)120)38-71(113)51-133-50-69(111)20-16-32-104-56(7)34-55(6)98-94(104)132/h11-13,18-19,21-24,26-29,34,52-54,57-58,62-66,72-77,86,105-110H,10,14-17,20,25,30-33,35-51,95H2,1-9H3,(H,96,125)(H,97,126)(H,99,127)(H,100,128)(H,101,130)(H,102,131)(H,103,129)(H,119,120)(H,121,122)(H,123,124)/t53-,54+,57+,58+,62+,63+,64-,65-,66-,72-,73-,74-,75-,76-,77-,86-/m0/s1. The van der Waals surface area contributed by atoms with Gasteiger partial charge < -0.3 is 88.9 Å². The summed E-state index contributed by atoms with van der Waals surface area (Å²) in [6.07, 6.45) is -9.74. The zero-order valence-corrected chi connectivity index (χ0v) is 77.7. The molecular formula is C94H132N10O28S. The molecule has 7 amide bonds. The SMILES string of the molecule is CC[C@H](C)[C@H](NC(=O)[C@H](CO)CC(=O)[C@H](Cc1ccc(O)cc1)NC(=O)[C@H](CC(=O)O)CC(=O)[C@H](CO)NC(=O)[C@@H](CC(=O)[C@H](Cc1ccccc1)NC(=O)[C@@H](CC(=O)CNC(=O)[C@H](CCC(=O)O)CC(=O)CSCC(=O)CCCn1c(C)cc(C)nc1=O)[C@@H](C)O)[C@@H](C)O)C(=O)C[C@@H](Cc1ccc(O)cc1)C(=O)N[C@@H](CC(C)C)C(=O)C[C@@H](CC(=O)O)C(=O)N[C@H](C)CCCCN. The van der Waals surface area contributed by atoms with Crippen LogP contribution in [0.25, 0.3) is 0 Å². The molecule has 0 spiro atoms. The van der Waals surface area contributed by atoms with E-state index < -0.39 is 286 Å². The zero-order valence-electron chi connectivity index (χ0n) is 76.9. The summed E-state index contributed by atoms with van der Waals surface area (Å²) in [6.45, 7) is 11.8. The molecule has 0 saturated heterocycles. The number of aliphatic hydroxyl groups excluding tert-OH is 4. The van der Waals surface area contributed by atoms with E-state index in [1.54, 1.807) is 84.9 Å². The number of phenols is 2. The fourth-order valence-corrected chi connectivity index (χ4v) is 15.8. The van der Waals surface area contributed by atoms with Crippen LogP contribution in [-0.2, 0) is 112 Å². The second-order valence-electron chi connectivity index (χ2n) is 34.7. The number of hydrogen-bond donors (Lipinski definition) is 17. The number of carbonyl (C=O) groups excluding carboxylic acids is 15. The second kappa shape index (κ2) is 58.4. The van der Waals surface area contributed by atoms with Crippen molar-refractivity contribution in [3.8, 4) is 11.5 Å². The van der Waals surface area contributed by atoms with Crippen LogP contribution in [0.3, 0.4) is 0 Å². The normalized spacial score (nSPS) is 15.0. The smallest absolute Gasteiger partial charge is 0.347 e. The lowest BCUT2D eigenvalue weighted by molar-refractivity contribution is -0.143. The summed E-state index contributed by atoms with van der Waals surface area (Å²) in [5.41, 5.74) is 7.55. The Labute approximate surface area is 776 Å². The largest absolute Gasteiger partial charge is 0.508 e. The first kappa shape index (κ1) is 114. The number of aryl methyl sites for hydroxylation is 2. The Bertz CT molecular complexity index is 4680. The number of amides is 7. The molecule has 4 rings (SSSR count). The molecule has 3 aromatic carbocycles. The predicted molar refractivity (Wildman–Crippen MR) is 486 cm³/mol. The number of benzene rings is 3. The molecule has 732 valence electrons. The Morgan fingerprint density at radius 1 is 0.451 bits per heavy atom. The highest BCUT2D eigenvalue weighted by Gasteiger charge is 2.41. The van der Waals surface area contributed by atoms with Gasteiger partial charge in [0.15, 0.2) is 34.7 Å². The number of aliphatic hydroxyl groups is 4. The van der Waals surface area contributed by atoms with E-state index in [4.69, 9.17) is 5.73 Å². The number of aromatic hydroxyl groups is 2. The molecule has 0 fully saturated rings. The number of aromatic nitrogens is 2. The highest BCUT2D eigenvalue weighted by atomic mass is 32.2. The monoisotopic (exact) mass is 1880 g/mol. The molecule has 0 radical (unpaired) electrons. The van der Waals surface area contributed by atoms with Crippen LogP contribution in [0, 0.1) is 67.1 Å². The second-order valence-corrected chi connectivity index (χ2v) is 35.7. The molecule has 0 aliphatic heterocycles. The van der Waals surface area contributed by atoms with Crippen LogP contribution in [0.5, 0.6) is 11.5 Å². The minimum absolute atomic E-state index is 0.0246. The molecule has 133 heavy (non-hydrogen) atoms. The summed E-state index contributed by atoms with van der Waals surface area (Å²) < 4.78 is 1.44. The topological polar surface area (TPSA) is 634 Å². The fourth-order valence-electron chi connectivity index (χ4n) is 15.0. The summed E-state index contributed by atoms with van der Waals surface area (Å²) in [7, 11) is 0. The number of aliphatic carboxylic acids is 3. The lowest BCUT2D eigenvalue weighted by atomic mass is 9.85. The first-order valence-electron chi connectivity index (χ1n) is 44.7. The Hall–Kier alpha value is -11.7. The van der Waals surface area contributed by atoms with Crippen LogP contribution in [0.2, 0.25) is 0 Å². The number of unbranched alkanes of at least 4 members (excludes halogenated alkanes) is 1. The van der Waals surface area contributed by atoms with Gasteiger partial charge in [-0.2, -0.15) is 4.98 Å². The summed E-state index contributed by atoms with van der Waals surface area (Å²) >= 11 is 0.977. The van der Waals surface area contributed by atoms with E-state index in [0.717, 1.165) is 25.6 Å². The molecule has 0 saturated carbocycles. The fraction of sp³-hybridized carbons (Fsp3) is 0.574. The van der Waals surface area contributed by atoms with Gasteiger partial charge in [0.25, 0.3) is 0 Å². The van der Waals surface area contributed by atoms with Gasteiger partial charge in [-0.3, -0.25) is 90.9 Å². The third-order valence-electron chi connectivity index (χ3n) is 22.9. The molecular weight excluding hydrogens is 1750 g/mol. The maximum absolute atomic E-state index is 14.9. The van der Waals surface area contributed by atoms with E-state index in [-0.39, 0.29) is 91.4 Å². The van der Waals surface area contributed by atoms with Gasteiger partial charge in [0.05, 0.1) is 110 Å². The Balaban J connectivity index is 1.52. The van der Waals surface area contributed by atoms with Crippen molar-refractivity contribution in [1.29, 1.82) is 0 Å². The van der Waals surface area contributed by atoms with Gasteiger partial charge >= 0.3 is 23.6 Å². The number of nitrogens with one attached hydrogen (secondary N) is 7. The van der Waals surface area contributed by atoms with Crippen LogP contribution < -0.4 is 48.6 Å². The molecule has 39 heteroatoms. The molecule has 0 unspecified atom stereocenters. The van der Waals surface area contributed by atoms with Crippen molar-refractivity contribution in [3.05, 3.63) is 123 Å². The number of nitrogens with zero attached hydrogens (tertiary/aromatic N) is 2. The number of thioether (sulfide) groups is 1. The van der Waals surface area contributed by atoms with E-state index >= 15 is 0 Å². The number of ketones is 8. The van der Waals surface area contributed by atoms with E-state index in [2.05, 4.69) is 42.2 Å². The highest BCUT2D eigenvalue weighted by Crippen LogP contribution is 2.27. The van der Waals surface area contributed by atoms with Gasteiger partial charge in [-0.05, 0) is 151 Å². The number of carboxylic acids is 3. The van der Waals surface area contributed by atoms with Gasteiger partial charge in [0, 0.05) is 93.6 Å². The van der Waals surface area contributed by atoms with Crippen LogP contribution in [0.15, 0.2) is 89.7 Å². The number of Topliss-reactive ketones (excluding diaryl/α,β-unsaturated/α-hetero) is 8. The number of phenolic OH excluding ortho intramolecular Hbond substituents is 2. The van der Waals surface area contributed by atoms with Crippen molar-refractivity contribution in [1.82, 2.24) is 46.8 Å². The minimum Gasteiger partial charge on any atom is -0.508 e. The maximum atomic E-state index is 14.9. The number of rotatable bonds is 67. The van der Waals surface area contributed by atoms with E-state index in [0.29, 0.717) is 54.7 Å². The summed E-state index contributed by atoms with van der Waals surface area (Å²) in [4.78, 5) is 264. The molecule has 0 bridgehead atoms. The number of carbonyl (C=O) groups is 18. The molecule has 38 nitrogen and oxygen atoms in total. The van der Waals surface area contributed by atoms with Crippen LogP contribution in [0.1, 0.15) is 192 Å². The number of nitrogens with two attached hydrogens (primary N) is 1. The number of hydrogen-bond acceptors (Lipinski definition) is 28. The van der Waals surface area contributed by atoms with Gasteiger partial charge in [0.2, 0.25) is 41.4 Å². The molecule has 1 heterocycles. The van der Waals surface area contributed by atoms with Crippen LogP contribution >= 0.6 is 11.8 Å². The van der Waals surface area contributed by atoms with Crippen molar-refractivity contribution < 1.29 is 132 Å². The lowest BCUT2D eigenvalue weighted by Gasteiger charge is -2.28. The first-order chi connectivity index (χ1) is 62.8. The Morgan fingerprint density at radius 3 is 1.44 bits per heavy atom. The molecule has 1 aromatic heterocycles. The molecule has 0 aliphatic carbocycles. The average Bonchev–Trinajstić information content (AvgIpc) is 0.865. The van der Waals surface area contributed by atoms with Crippen molar-refractivity contribution >= 4 is 117 Å². The van der Waals surface area contributed by atoms with Crippen molar-refractivity contribution in [2.24, 2.45) is 59.0 Å². The maximum Gasteiger partial charge on any atom is 0.347 e. The summed E-state index contributed by atoms with van der Waals surface area (Å²) in [5.74, 6) is -29.9. The zero-order chi connectivity index (χ0) is 99.5. The van der Waals surface area contributed by atoms with Crippen LogP contribution in [0.4, 0.5) is 0 Å². The molecule has 18 N–H and O–H groups in total. The average molecular weight is 1880 g/mol. The summed E-state index contributed by atoms with van der Waals surface area (Å²) in [5, 5.41) is 111. The van der Waals surface area contributed by atoms with Crippen molar-refractivity contribution in [2.75, 3.05) is 37.8 Å². The van der Waals surface area contributed by atoms with E-state index in [1.165, 1.54) is 53.1 Å². The van der Waals surface area contributed by atoms with Gasteiger partial charge in [-0.1, -0.05) is 95.1 Å². The van der Waals surface area contributed by atoms with Gasteiger partial charge in [-0.25, -0.2) is 4.79 Å². The van der Waals surface area contributed by atoms with Crippen molar-refractivity contribution in [2.45, 2.75) is 252 Å². The third-order valence-corrected chi connectivity index (χ3v) is 23.9. The Morgan fingerprint density at radius 2 is 0.925 bits per heavy atom. The predicted octanol–water partition coefficient (Wildman–Crippen LogP) is 2.94. The van der Waals surface area contributed by atoms with Gasteiger partial charge in [-0.15, -0.1) is 11.8 Å². The van der Waals surface area contributed by atoms with Crippen molar-refractivity contribution in [3.63, 3.8) is 0 Å². The molecule has 16 atom stereocenters. The highest BCUT2D eigenvalue weighted by molar-refractivity contribution is 8.00. The lowest BCUT2D eigenvalue weighted by Crippen LogP contribution is -2.52. The Kier molecular flexibility index (Phi) is 49.9. The van der Waals surface area contributed by atoms with E-state index in [9.17, 15) is 137 Å². The number of carboxylic acid groups (broad SMARTS) is 3. The van der Waals surface area contributed by atoms with Crippen LogP contribution in [-0.4, -0.2) is 247 Å². The van der Waals surface area contributed by atoms with E-state index in [1.807, 2.05) is 0 Å².